The van der Waals surface area contributed by atoms with Gasteiger partial charge in [0.1, 0.15) is 0 Å². The summed E-state index contributed by atoms with van der Waals surface area (Å²) in [7, 11) is 1.61. The first-order valence-corrected chi connectivity index (χ1v) is 5.63. The van der Waals surface area contributed by atoms with Gasteiger partial charge in [0.15, 0.2) is 0 Å². The minimum atomic E-state index is -0.255. The first kappa shape index (κ1) is 13.1. The molecule has 0 aliphatic rings. The predicted molar refractivity (Wildman–Crippen MR) is 60.7 cm³/mol. The molecule has 0 amide bonds. The molecule has 0 saturated heterocycles. The Kier molecular flexibility index (Phi) is 5.42. The molecule has 0 fully saturated rings. The third-order valence-electron chi connectivity index (χ3n) is 2.42. The quantitative estimate of drug-likeness (QED) is 0.718. The van der Waals surface area contributed by atoms with Crippen molar-refractivity contribution in [1.82, 2.24) is 15.1 Å². The zero-order chi connectivity index (χ0) is 12.0. The number of hydrogen-bond donors (Lipinski definition) is 1. The maximum Gasteiger partial charge on any atom is 0.215 e. The van der Waals surface area contributed by atoms with Gasteiger partial charge >= 0.3 is 0 Å². The average Bonchev–Trinajstić information content (AvgIpc) is 2.49. The van der Waals surface area contributed by atoms with E-state index in [1.807, 2.05) is 13.8 Å². The highest BCUT2D eigenvalue weighted by atomic mass is 19.1. The minimum Gasteiger partial charge on any atom is -0.382 e. The number of nitrogens with zero attached hydrogens (tertiary/aromatic N) is 2. The van der Waals surface area contributed by atoms with Gasteiger partial charge in [-0.2, -0.15) is 9.49 Å². The Morgan fingerprint density at radius 3 is 2.81 bits per heavy atom. The molecular weight excluding hydrogens is 209 g/mol. The fraction of sp³-hybridized carbons (Fsp3) is 0.727. The maximum atomic E-state index is 13.5. The molecule has 5 heteroatoms. The van der Waals surface area contributed by atoms with E-state index in [-0.39, 0.29) is 5.95 Å². The van der Waals surface area contributed by atoms with Crippen LogP contribution in [0.5, 0.6) is 0 Å². The van der Waals surface area contributed by atoms with E-state index in [9.17, 15) is 4.39 Å². The summed E-state index contributed by atoms with van der Waals surface area (Å²) in [5.74, 6) is -0.255. The summed E-state index contributed by atoms with van der Waals surface area (Å²) in [6.07, 6.45) is 0.939. The maximum absolute atomic E-state index is 13.5. The molecule has 0 aromatic carbocycles. The van der Waals surface area contributed by atoms with Crippen molar-refractivity contribution in [3.63, 3.8) is 0 Å². The number of nitrogens with one attached hydrogen (secondary N) is 1. The second-order valence-corrected chi connectivity index (χ2v) is 3.71. The number of rotatable bonds is 7. The van der Waals surface area contributed by atoms with Crippen LogP contribution in [0.4, 0.5) is 4.39 Å². The van der Waals surface area contributed by atoms with Gasteiger partial charge in [0, 0.05) is 32.4 Å². The van der Waals surface area contributed by atoms with Crippen molar-refractivity contribution >= 4 is 0 Å². The first-order chi connectivity index (χ1) is 7.66. The van der Waals surface area contributed by atoms with E-state index in [1.54, 1.807) is 7.05 Å². The highest BCUT2D eigenvalue weighted by molar-refractivity contribution is 5.16. The summed E-state index contributed by atoms with van der Waals surface area (Å²) in [4.78, 5) is 0. The fourth-order valence-corrected chi connectivity index (χ4v) is 1.53. The van der Waals surface area contributed by atoms with Gasteiger partial charge in [-0.3, -0.25) is 0 Å². The highest BCUT2D eigenvalue weighted by Gasteiger charge is 2.11. The smallest absolute Gasteiger partial charge is 0.215 e. The van der Waals surface area contributed by atoms with Crippen LogP contribution in [-0.4, -0.2) is 29.5 Å². The standard InChI is InChI=1S/C11H20FN3O/c1-4-16-7-5-6-13-8-10-9(2)14-15(3)11(10)12/h13H,4-8H2,1-3H3. The molecule has 0 aliphatic heterocycles. The second-order valence-electron chi connectivity index (χ2n) is 3.71. The van der Waals surface area contributed by atoms with Crippen LogP contribution in [0, 0.1) is 12.9 Å². The Bertz CT molecular complexity index is 325. The molecule has 4 nitrogen and oxygen atoms in total. The predicted octanol–water partition coefficient (Wildman–Crippen LogP) is 1.38. The molecule has 0 bridgehead atoms. The van der Waals surface area contributed by atoms with Crippen molar-refractivity contribution in [2.75, 3.05) is 19.8 Å². The molecule has 0 aliphatic carbocycles. The molecule has 0 spiro atoms. The van der Waals surface area contributed by atoms with Crippen LogP contribution < -0.4 is 5.32 Å². The Labute approximate surface area is 95.8 Å². The first-order valence-electron chi connectivity index (χ1n) is 5.63. The Balaban J connectivity index is 2.26. The summed E-state index contributed by atoms with van der Waals surface area (Å²) >= 11 is 0. The lowest BCUT2D eigenvalue weighted by atomic mass is 10.2. The van der Waals surface area contributed by atoms with Gasteiger partial charge in [0.05, 0.1) is 5.69 Å². The molecule has 0 unspecified atom stereocenters. The van der Waals surface area contributed by atoms with Crippen LogP contribution in [0.2, 0.25) is 0 Å². The molecule has 1 aromatic heterocycles. The van der Waals surface area contributed by atoms with E-state index in [1.165, 1.54) is 4.68 Å². The zero-order valence-electron chi connectivity index (χ0n) is 10.2. The SMILES string of the molecule is CCOCCCNCc1c(C)nn(C)c1F. The van der Waals surface area contributed by atoms with Gasteiger partial charge in [0.25, 0.3) is 0 Å². The van der Waals surface area contributed by atoms with Gasteiger partial charge in [0.2, 0.25) is 5.95 Å². The summed E-state index contributed by atoms with van der Waals surface area (Å²) in [6.45, 7) is 6.64. The lowest BCUT2D eigenvalue weighted by Gasteiger charge is -2.04. The Morgan fingerprint density at radius 2 is 2.25 bits per heavy atom. The van der Waals surface area contributed by atoms with Crippen LogP contribution in [0.1, 0.15) is 24.6 Å². The molecule has 1 aromatic rings. The van der Waals surface area contributed by atoms with Gasteiger partial charge in [-0.05, 0) is 26.8 Å². The molecule has 1 rings (SSSR count). The van der Waals surface area contributed by atoms with Crippen LogP contribution in [0.15, 0.2) is 0 Å². The van der Waals surface area contributed by atoms with E-state index in [0.717, 1.165) is 31.9 Å². The lowest BCUT2D eigenvalue weighted by Crippen LogP contribution is -2.17. The van der Waals surface area contributed by atoms with Crippen molar-refractivity contribution in [3.8, 4) is 0 Å². The largest absolute Gasteiger partial charge is 0.382 e. The lowest BCUT2D eigenvalue weighted by molar-refractivity contribution is 0.144. The summed E-state index contributed by atoms with van der Waals surface area (Å²) in [6, 6.07) is 0. The molecule has 0 radical (unpaired) electrons. The number of aryl methyl sites for hydroxylation is 2. The fourth-order valence-electron chi connectivity index (χ4n) is 1.53. The van der Waals surface area contributed by atoms with E-state index < -0.39 is 0 Å². The van der Waals surface area contributed by atoms with E-state index >= 15 is 0 Å². The highest BCUT2D eigenvalue weighted by Crippen LogP contribution is 2.10. The van der Waals surface area contributed by atoms with Crippen molar-refractivity contribution in [1.29, 1.82) is 0 Å². The van der Waals surface area contributed by atoms with Crippen molar-refractivity contribution < 1.29 is 9.13 Å². The average molecular weight is 229 g/mol. The summed E-state index contributed by atoms with van der Waals surface area (Å²) in [5.41, 5.74) is 1.40. The van der Waals surface area contributed by atoms with E-state index in [4.69, 9.17) is 4.74 Å². The van der Waals surface area contributed by atoms with E-state index in [2.05, 4.69) is 10.4 Å². The summed E-state index contributed by atoms with van der Waals surface area (Å²) < 4.78 is 20.0. The third-order valence-corrected chi connectivity index (χ3v) is 2.42. The second kappa shape index (κ2) is 6.60. The molecule has 0 atom stereocenters. The topological polar surface area (TPSA) is 39.1 Å². The van der Waals surface area contributed by atoms with Crippen molar-refractivity contribution in [2.24, 2.45) is 7.05 Å². The molecular formula is C11H20FN3O. The molecule has 16 heavy (non-hydrogen) atoms. The van der Waals surface area contributed by atoms with E-state index in [0.29, 0.717) is 12.1 Å². The normalized spacial score (nSPS) is 11.0. The van der Waals surface area contributed by atoms with Crippen LogP contribution in [0.25, 0.3) is 0 Å². The molecule has 92 valence electrons. The van der Waals surface area contributed by atoms with Gasteiger partial charge in [-0.15, -0.1) is 0 Å². The monoisotopic (exact) mass is 229 g/mol. The van der Waals surface area contributed by atoms with Crippen molar-refractivity contribution in [2.45, 2.75) is 26.8 Å². The number of halogens is 1. The third kappa shape index (κ3) is 3.57. The van der Waals surface area contributed by atoms with Gasteiger partial charge in [-0.1, -0.05) is 0 Å². The van der Waals surface area contributed by atoms with Gasteiger partial charge in [-0.25, -0.2) is 4.68 Å². The van der Waals surface area contributed by atoms with Crippen LogP contribution in [-0.2, 0) is 18.3 Å². The van der Waals surface area contributed by atoms with Crippen LogP contribution in [0.3, 0.4) is 0 Å². The van der Waals surface area contributed by atoms with Crippen LogP contribution >= 0.6 is 0 Å². The Hall–Kier alpha value is -0.940. The number of aromatic nitrogens is 2. The molecule has 0 saturated carbocycles. The molecule has 1 N–H and O–H groups in total. The molecule has 1 heterocycles. The van der Waals surface area contributed by atoms with Crippen molar-refractivity contribution in [3.05, 3.63) is 17.2 Å². The zero-order valence-corrected chi connectivity index (χ0v) is 10.2. The summed E-state index contributed by atoms with van der Waals surface area (Å²) in [5, 5.41) is 7.20. The number of ether oxygens (including phenoxy) is 1. The van der Waals surface area contributed by atoms with Gasteiger partial charge < -0.3 is 10.1 Å². The Morgan fingerprint density at radius 1 is 1.50 bits per heavy atom. The number of hydrogen-bond acceptors (Lipinski definition) is 3. The minimum absolute atomic E-state index is 0.255.